The van der Waals surface area contributed by atoms with E-state index in [1.807, 2.05) is 55.6 Å². The second kappa shape index (κ2) is 14.3. The van der Waals surface area contributed by atoms with Gasteiger partial charge in [-0.05, 0) is 17.7 Å². The third kappa shape index (κ3) is 9.45. The van der Waals surface area contributed by atoms with Crippen molar-refractivity contribution in [3.63, 3.8) is 0 Å². The Morgan fingerprint density at radius 1 is 1.00 bits per heavy atom. The summed E-state index contributed by atoms with van der Waals surface area (Å²) in [5.74, 6) is 1.78. The lowest BCUT2D eigenvalue weighted by Gasteiger charge is -2.18. The van der Waals surface area contributed by atoms with Gasteiger partial charge in [0.1, 0.15) is 0 Å². The molecule has 2 N–H and O–H groups in total. The minimum Gasteiger partial charge on any atom is -0.356 e. The predicted molar refractivity (Wildman–Crippen MR) is 129 cm³/mol. The molecule has 0 unspecified atom stereocenters. The van der Waals surface area contributed by atoms with Crippen LogP contribution in [0.3, 0.4) is 0 Å². The molecule has 0 atom stereocenters. The molecule has 0 aliphatic carbocycles. The van der Waals surface area contributed by atoms with Gasteiger partial charge in [0, 0.05) is 50.8 Å². The number of nitrogens with zero attached hydrogens (tertiary/aromatic N) is 2. The number of hydrogen-bond acceptors (Lipinski definition) is 3. The van der Waals surface area contributed by atoms with Crippen molar-refractivity contribution in [2.75, 3.05) is 32.9 Å². The Labute approximate surface area is 189 Å². The highest BCUT2D eigenvalue weighted by Crippen LogP contribution is 2.15. The number of carbonyl (C=O) groups excluding carboxylic acids is 1. The summed E-state index contributed by atoms with van der Waals surface area (Å²) in [6.45, 7) is 1.99. The first-order valence-electron chi connectivity index (χ1n) is 9.09. The van der Waals surface area contributed by atoms with Crippen LogP contribution in [0.2, 0.25) is 0 Å². The van der Waals surface area contributed by atoms with E-state index in [2.05, 4.69) is 27.8 Å². The zero-order valence-electron chi connectivity index (χ0n) is 16.4. The number of nitrogens with one attached hydrogen (secondary N) is 2. The number of halogens is 1. The molecule has 0 saturated heterocycles. The third-order valence-electron chi connectivity index (χ3n) is 3.95. The van der Waals surface area contributed by atoms with Crippen LogP contribution in [0.4, 0.5) is 0 Å². The van der Waals surface area contributed by atoms with Crippen LogP contribution in [-0.4, -0.2) is 49.7 Å². The van der Waals surface area contributed by atoms with Crippen molar-refractivity contribution < 1.29 is 4.79 Å². The topological polar surface area (TPSA) is 56.7 Å². The molecule has 1 amide bonds. The minimum absolute atomic E-state index is 0. The van der Waals surface area contributed by atoms with Crippen LogP contribution in [0.15, 0.2) is 70.6 Å². The first kappa shape index (κ1) is 24.3. The van der Waals surface area contributed by atoms with Crippen LogP contribution in [0, 0.1) is 0 Å². The fourth-order valence-corrected chi connectivity index (χ4v) is 3.29. The molecule has 0 bridgehead atoms. The van der Waals surface area contributed by atoms with Crippen LogP contribution in [0.1, 0.15) is 12.0 Å². The van der Waals surface area contributed by atoms with Crippen LogP contribution < -0.4 is 10.6 Å². The summed E-state index contributed by atoms with van der Waals surface area (Å²) in [7, 11) is 3.58. The van der Waals surface area contributed by atoms with E-state index < -0.39 is 0 Å². The van der Waals surface area contributed by atoms with Gasteiger partial charge in [-0.2, -0.15) is 0 Å². The van der Waals surface area contributed by atoms with Crippen molar-refractivity contribution in [3.05, 3.63) is 66.2 Å². The SMILES string of the molecule is CN=C(NCCSc1ccccc1)NCCC(=O)N(C)Cc1ccccc1.I. The fraction of sp³-hybridized carbons (Fsp3) is 0.333. The summed E-state index contributed by atoms with van der Waals surface area (Å²) in [6, 6.07) is 20.3. The van der Waals surface area contributed by atoms with Crippen molar-refractivity contribution in [2.24, 2.45) is 4.99 Å². The highest BCUT2D eigenvalue weighted by Gasteiger charge is 2.09. The Hall–Kier alpha value is -1.74. The number of hydrogen-bond donors (Lipinski definition) is 2. The van der Waals surface area contributed by atoms with Crippen molar-refractivity contribution in [2.45, 2.75) is 17.9 Å². The number of carbonyl (C=O) groups is 1. The molecule has 5 nitrogen and oxygen atoms in total. The molecule has 2 rings (SSSR count). The van der Waals surface area contributed by atoms with E-state index in [-0.39, 0.29) is 29.9 Å². The number of thioether (sulfide) groups is 1. The summed E-state index contributed by atoms with van der Waals surface area (Å²) in [4.78, 5) is 19.5. The van der Waals surface area contributed by atoms with Crippen LogP contribution in [0.5, 0.6) is 0 Å². The maximum Gasteiger partial charge on any atom is 0.224 e. The second-order valence-corrected chi connectivity index (χ2v) is 7.24. The molecule has 7 heteroatoms. The fourth-order valence-electron chi connectivity index (χ4n) is 2.50. The lowest BCUT2D eigenvalue weighted by molar-refractivity contribution is -0.130. The van der Waals surface area contributed by atoms with Gasteiger partial charge in [-0.1, -0.05) is 48.5 Å². The molecule has 0 aliphatic rings. The average Bonchev–Trinajstić information content (AvgIpc) is 2.71. The van der Waals surface area contributed by atoms with Gasteiger partial charge in [0.15, 0.2) is 5.96 Å². The average molecular weight is 512 g/mol. The molecule has 152 valence electrons. The van der Waals surface area contributed by atoms with Crippen LogP contribution in [0.25, 0.3) is 0 Å². The second-order valence-electron chi connectivity index (χ2n) is 6.07. The number of amides is 1. The van der Waals surface area contributed by atoms with Gasteiger partial charge in [0.25, 0.3) is 0 Å². The van der Waals surface area contributed by atoms with Gasteiger partial charge < -0.3 is 15.5 Å². The van der Waals surface area contributed by atoms with E-state index in [1.165, 1.54) is 4.90 Å². The van der Waals surface area contributed by atoms with Crippen molar-refractivity contribution in [3.8, 4) is 0 Å². The van der Waals surface area contributed by atoms with E-state index >= 15 is 0 Å². The van der Waals surface area contributed by atoms with Gasteiger partial charge in [0.2, 0.25) is 5.91 Å². The molecule has 0 spiro atoms. The number of rotatable bonds is 9. The molecule has 0 aliphatic heterocycles. The Balaban J connectivity index is 0.00000392. The number of aliphatic imine (C=N–C) groups is 1. The van der Waals surface area contributed by atoms with Gasteiger partial charge in [0.05, 0.1) is 0 Å². The highest BCUT2D eigenvalue weighted by molar-refractivity contribution is 14.0. The molecule has 0 saturated carbocycles. The predicted octanol–water partition coefficient (Wildman–Crippen LogP) is 3.61. The van der Waals surface area contributed by atoms with Crippen molar-refractivity contribution >= 4 is 47.6 Å². The molecule has 0 fully saturated rings. The van der Waals surface area contributed by atoms with Gasteiger partial charge in [-0.25, -0.2) is 0 Å². The Bertz CT molecular complexity index is 713. The normalized spacial score (nSPS) is 10.7. The van der Waals surface area contributed by atoms with E-state index in [0.717, 1.165) is 23.8 Å². The summed E-state index contributed by atoms with van der Waals surface area (Å²) < 4.78 is 0. The Morgan fingerprint density at radius 3 is 2.25 bits per heavy atom. The van der Waals surface area contributed by atoms with Crippen LogP contribution in [-0.2, 0) is 11.3 Å². The molecule has 0 aromatic heterocycles. The monoisotopic (exact) mass is 512 g/mol. The molecule has 2 aromatic carbocycles. The summed E-state index contributed by atoms with van der Waals surface area (Å²) in [5, 5.41) is 6.48. The van der Waals surface area contributed by atoms with E-state index in [9.17, 15) is 4.79 Å². The van der Waals surface area contributed by atoms with Gasteiger partial charge in [-0.15, -0.1) is 35.7 Å². The molecule has 0 heterocycles. The molecular formula is C21H29IN4OS. The quantitative estimate of drug-likeness (QED) is 0.177. The lowest BCUT2D eigenvalue weighted by atomic mass is 10.2. The standard InChI is InChI=1S/C21H28N4OS.HI/c1-22-21(24-15-16-27-19-11-7-4-8-12-19)23-14-13-20(26)25(2)17-18-9-5-3-6-10-18;/h3-12H,13-17H2,1-2H3,(H2,22,23,24);1H. The molecule has 0 radical (unpaired) electrons. The highest BCUT2D eigenvalue weighted by atomic mass is 127. The number of guanidine groups is 1. The molecular weight excluding hydrogens is 483 g/mol. The van der Waals surface area contributed by atoms with Gasteiger partial charge >= 0.3 is 0 Å². The maximum absolute atomic E-state index is 12.3. The maximum atomic E-state index is 12.3. The Kier molecular flexibility index (Phi) is 12.4. The zero-order valence-corrected chi connectivity index (χ0v) is 19.6. The third-order valence-corrected chi connectivity index (χ3v) is 4.96. The van der Waals surface area contributed by atoms with Crippen molar-refractivity contribution in [1.82, 2.24) is 15.5 Å². The largest absolute Gasteiger partial charge is 0.356 e. The summed E-state index contributed by atoms with van der Waals surface area (Å²) in [5.41, 5.74) is 1.13. The smallest absolute Gasteiger partial charge is 0.224 e. The number of benzene rings is 2. The summed E-state index contributed by atoms with van der Waals surface area (Å²) >= 11 is 1.80. The van der Waals surface area contributed by atoms with E-state index in [0.29, 0.717) is 19.5 Å². The Morgan fingerprint density at radius 2 is 1.61 bits per heavy atom. The minimum atomic E-state index is 0. The van der Waals surface area contributed by atoms with Crippen LogP contribution >= 0.6 is 35.7 Å². The first-order valence-corrected chi connectivity index (χ1v) is 10.1. The molecule has 28 heavy (non-hydrogen) atoms. The zero-order chi connectivity index (χ0) is 19.3. The van der Waals surface area contributed by atoms with Crippen molar-refractivity contribution in [1.29, 1.82) is 0 Å². The van der Waals surface area contributed by atoms with E-state index in [1.54, 1.807) is 23.7 Å². The van der Waals surface area contributed by atoms with Gasteiger partial charge in [-0.3, -0.25) is 9.79 Å². The van der Waals surface area contributed by atoms with E-state index in [4.69, 9.17) is 0 Å². The lowest BCUT2D eigenvalue weighted by Crippen LogP contribution is -2.40. The first-order chi connectivity index (χ1) is 13.2. The molecule has 2 aromatic rings. The summed E-state index contributed by atoms with van der Waals surface area (Å²) in [6.07, 6.45) is 0.433.